The van der Waals surface area contributed by atoms with Crippen LogP contribution < -0.4 is 0 Å². The lowest BCUT2D eigenvalue weighted by Gasteiger charge is -2.27. The van der Waals surface area contributed by atoms with E-state index in [-0.39, 0.29) is 0 Å². The lowest BCUT2D eigenvalue weighted by molar-refractivity contribution is 0.243. The van der Waals surface area contributed by atoms with Gasteiger partial charge in [0.25, 0.3) is 0 Å². The molecular weight excluding hydrogens is 192 g/mol. The fraction of sp³-hybridized carbons (Fsp3) is 1.00. The Morgan fingerprint density at radius 2 is 1.56 bits per heavy atom. The average Bonchev–Trinajstić information content (AvgIpc) is 2.26. The van der Waals surface area contributed by atoms with Gasteiger partial charge >= 0.3 is 0 Å². The predicted molar refractivity (Wildman–Crippen MR) is 73.6 cm³/mol. The summed E-state index contributed by atoms with van der Waals surface area (Å²) in [6.45, 7) is 9.69. The molecule has 96 valence electrons. The van der Waals surface area contributed by atoms with Crippen molar-refractivity contribution in [3.63, 3.8) is 0 Å². The van der Waals surface area contributed by atoms with Gasteiger partial charge < -0.3 is 0 Å². The largest absolute Gasteiger partial charge is 0.0651 e. The topological polar surface area (TPSA) is 0 Å². The van der Waals surface area contributed by atoms with Crippen LogP contribution in [0.2, 0.25) is 0 Å². The van der Waals surface area contributed by atoms with Crippen molar-refractivity contribution in [3.05, 3.63) is 0 Å². The molecule has 1 aliphatic carbocycles. The smallest absolute Gasteiger partial charge is 0.0391 e. The molecule has 0 saturated heterocycles. The highest BCUT2D eigenvalue weighted by atomic mass is 14.2. The molecule has 0 N–H and O–H groups in total. The lowest BCUT2D eigenvalue weighted by Crippen LogP contribution is -2.15. The molecule has 0 aromatic rings. The Morgan fingerprint density at radius 3 is 2.19 bits per heavy atom. The summed E-state index contributed by atoms with van der Waals surface area (Å²) in [5.74, 6) is 3.88. The van der Waals surface area contributed by atoms with Gasteiger partial charge in [0.15, 0.2) is 0 Å². The van der Waals surface area contributed by atoms with Crippen LogP contribution in [0, 0.1) is 23.7 Å². The van der Waals surface area contributed by atoms with Crippen LogP contribution in [-0.4, -0.2) is 0 Å². The molecule has 1 saturated carbocycles. The molecule has 1 aliphatic rings. The maximum Gasteiger partial charge on any atom is -0.0391 e. The zero-order chi connectivity index (χ0) is 12.0. The van der Waals surface area contributed by atoms with Crippen LogP contribution >= 0.6 is 0 Å². The Bertz CT molecular complexity index is 169. The van der Waals surface area contributed by atoms with Gasteiger partial charge in [-0.15, -0.1) is 0 Å². The Kier molecular flexibility index (Phi) is 6.46. The summed E-state index contributed by atoms with van der Waals surface area (Å²) in [7, 11) is 0. The quantitative estimate of drug-likeness (QED) is 0.567. The van der Waals surface area contributed by atoms with Crippen LogP contribution in [0.1, 0.15) is 79.1 Å². The minimum absolute atomic E-state index is 0.900. The second kappa shape index (κ2) is 7.35. The molecule has 3 unspecified atom stereocenters. The van der Waals surface area contributed by atoms with Crippen molar-refractivity contribution in [1.82, 2.24) is 0 Å². The van der Waals surface area contributed by atoms with Gasteiger partial charge in [0.05, 0.1) is 0 Å². The highest BCUT2D eigenvalue weighted by Gasteiger charge is 2.19. The Labute approximate surface area is 103 Å². The van der Waals surface area contributed by atoms with Crippen molar-refractivity contribution in [1.29, 1.82) is 0 Å². The van der Waals surface area contributed by atoms with E-state index < -0.39 is 0 Å². The van der Waals surface area contributed by atoms with Crippen LogP contribution in [0.3, 0.4) is 0 Å². The molecule has 0 bridgehead atoms. The monoisotopic (exact) mass is 224 g/mol. The average molecular weight is 224 g/mol. The summed E-state index contributed by atoms with van der Waals surface area (Å²) in [6, 6.07) is 0. The summed E-state index contributed by atoms with van der Waals surface area (Å²) < 4.78 is 0. The highest BCUT2D eigenvalue weighted by Crippen LogP contribution is 2.32. The van der Waals surface area contributed by atoms with Crippen LogP contribution in [0.15, 0.2) is 0 Å². The van der Waals surface area contributed by atoms with Gasteiger partial charge in [0, 0.05) is 0 Å². The summed E-state index contributed by atoms with van der Waals surface area (Å²) >= 11 is 0. The van der Waals surface area contributed by atoms with Crippen molar-refractivity contribution in [3.8, 4) is 0 Å². The van der Waals surface area contributed by atoms with E-state index in [1.54, 1.807) is 0 Å². The highest BCUT2D eigenvalue weighted by molar-refractivity contribution is 4.71. The third-order valence-corrected chi connectivity index (χ3v) is 4.91. The van der Waals surface area contributed by atoms with Crippen LogP contribution in [-0.2, 0) is 0 Å². The summed E-state index contributed by atoms with van der Waals surface area (Å²) in [5, 5.41) is 0. The van der Waals surface area contributed by atoms with Gasteiger partial charge in [-0.1, -0.05) is 79.1 Å². The summed E-state index contributed by atoms with van der Waals surface area (Å²) in [4.78, 5) is 0. The molecule has 0 heterocycles. The third-order valence-electron chi connectivity index (χ3n) is 4.91. The molecule has 0 aromatic carbocycles. The summed E-state index contributed by atoms with van der Waals surface area (Å²) in [5.41, 5.74) is 0. The minimum Gasteiger partial charge on any atom is -0.0651 e. The van der Waals surface area contributed by atoms with E-state index in [4.69, 9.17) is 0 Å². The lowest BCUT2D eigenvalue weighted by atomic mass is 9.78. The van der Waals surface area contributed by atoms with Crippen molar-refractivity contribution in [2.45, 2.75) is 79.1 Å². The Hall–Kier alpha value is 0. The van der Waals surface area contributed by atoms with Gasteiger partial charge in [-0.2, -0.15) is 0 Å². The Morgan fingerprint density at radius 1 is 0.938 bits per heavy atom. The number of hydrogen-bond acceptors (Lipinski definition) is 0. The minimum atomic E-state index is 0.900. The fourth-order valence-corrected chi connectivity index (χ4v) is 3.45. The molecule has 0 nitrogen and oxygen atoms in total. The zero-order valence-corrected chi connectivity index (χ0v) is 12.0. The maximum absolute atomic E-state index is 2.49. The molecule has 1 fully saturated rings. The molecule has 0 radical (unpaired) electrons. The molecular formula is C16H32. The fourth-order valence-electron chi connectivity index (χ4n) is 3.45. The second-order valence-electron chi connectivity index (χ2n) is 6.37. The van der Waals surface area contributed by atoms with E-state index in [0.29, 0.717) is 0 Å². The second-order valence-corrected chi connectivity index (χ2v) is 6.37. The SMILES string of the molecule is CCC1CCCCC(C(C)C)CCCC1C. The van der Waals surface area contributed by atoms with E-state index in [0.717, 1.165) is 23.7 Å². The van der Waals surface area contributed by atoms with Gasteiger partial charge in [0.2, 0.25) is 0 Å². The van der Waals surface area contributed by atoms with Crippen LogP contribution in [0.25, 0.3) is 0 Å². The van der Waals surface area contributed by atoms with Crippen molar-refractivity contribution >= 4 is 0 Å². The summed E-state index contributed by atoms with van der Waals surface area (Å²) in [6.07, 6.45) is 11.8. The molecule has 3 atom stereocenters. The predicted octanol–water partition coefficient (Wildman–Crippen LogP) is 5.67. The van der Waals surface area contributed by atoms with Crippen LogP contribution in [0.5, 0.6) is 0 Å². The molecule has 16 heavy (non-hydrogen) atoms. The molecule has 0 aliphatic heterocycles. The Balaban J connectivity index is 2.44. The number of rotatable bonds is 2. The first-order valence-corrected chi connectivity index (χ1v) is 7.65. The first kappa shape index (κ1) is 14.1. The van der Waals surface area contributed by atoms with Crippen molar-refractivity contribution in [2.75, 3.05) is 0 Å². The maximum atomic E-state index is 2.49. The van der Waals surface area contributed by atoms with E-state index >= 15 is 0 Å². The van der Waals surface area contributed by atoms with Crippen molar-refractivity contribution < 1.29 is 0 Å². The first-order valence-electron chi connectivity index (χ1n) is 7.65. The van der Waals surface area contributed by atoms with Gasteiger partial charge in [0.1, 0.15) is 0 Å². The normalized spacial score (nSPS) is 33.9. The van der Waals surface area contributed by atoms with Gasteiger partial charge in [-0.3, -0.25) is 0 Å². The van der Waals surface area contributed by atoms with E-state index in [1.165, 1.54) is 51.4 Å². The number of hydrogen-bond donors (Lipinski definition) is 0. The van der Waals surface area contributed by atoms with Gasteiger partial charge in [-0.05, 0) is 23.7 Å². The standard InChI is InChI=1S/C16H32/c1-5-15-10-6-7-11-16(13(2)3)12-8-9-14(15)4/h13-16H,5-12H2,1-4H3. The molecule has 0 spiro atoms. The molecule has 0 heteroatoms. The zero-order valence-electron chi connectivity index (χ0n) is 12.0. The van der Waals surface area contributed by atoms with E-state index in [9.17, 15) is 0 Å². The van der Waals surface area contributed by atoms with E-state index in [2.05, 4.69) is 27.7 Å². The van der Waals surface area contributed by atoms with Crippen molar-refractivity contribution in [2.24, 2.45) is 23.7 Å². The van der Waals surface area contributed by atoms with E-state index in [1.807, 2.05) is 0 Å². The van der Waals surface area contributed by atoms with Crippen LogP contribution in [0.4, 0.5) is 0 Å². The molecule has 0 aromatic heterocycles. The third kappa shape index (κ3) is 4.47. The molecule has 0 amide bonds. The molecule has 1 rings (SSSR count). The first-order chi connectivity index (χ1) is 7.65. The van der Waals surface area contributed by atoms with Gasteiger partial charge in [-0.25, -0.2) is 0 Å².